The Bertz CT molecular complexity index is 1150. The Labute approximate surface area is 182 Å². The zero-order valence-electron chi connectivity index (χ0n) is 16.5. The first kappa shape index (κ1) is 21.9. The number of sulfone groups is 1. The predicted molar refractivity (Wildman–Crippen MR) is 115 cm³/mol. The van der Waals surface area contributed by atoms with E-state index in [0.717, 1.165) is 29.0 Å². The zero-order valence-corrected chi connectivity index (χ0v) is 18.1. The van der Waals surface area contributed by atoms with Gasteiger partial charge in [-0.25, -0.2) is 8.42 Å². The van der Waals surface area contributed by atoms with Gasteiger partial charge in [0.15, 0.2) is 15.0 Å². The Hall–Kier alpha value is -2.33. The van der Waals surface area contributed by atoms with E-state index >= 15 is 0 Å². The van der Waals surface area contributed by atoms with Gasteiger partial charge in [-0.05, 0) is 24.6 Å². The fourth-order valence-corrected chi connectivity index (χ4v) is 7.72. The molecule has 0 aliphatic carbocycles. The molecule has 2 saturated heterocycles. The summed E-state index contributed by atoms with van der Waals surface area (Å²) in [5.41, 5.74) is 0.707. The normalized spacial score (nSPS) is 23.9. The maximum Gasteiger partial charge on any atom is 0.418 e. The lowest BCUT2D eigenvalue weighted by Crippen LogP contribution is -2.39. The standard InChI is InChI=1S/C21H19F3N2O3S2/c1-13-6-8-14(9-7-13)10-19(27)25-20-26(17-11-31(28,29)12-18(17)30-20)16-5-3-2-4-15(16)21(22,23)24/h2-9,17-18H,10-12H2,1H3/t17-,18-/m0/s1. The third kappa shape index (κ3) is 4.64. The number of aliphatic imine (C=N–C) groups is 1. The van der Waals surface area contributed by atoms with E-state index in [2.05, 4.69) is 4.99 Å². The average molecular weight is 469 g/mol. The predicted octanol–water partition coefficient (Wildman–Crippen LogP) is 3.86. The molecule has 31 heavy (non-hydrogen) atoms. The summed E-state index contributed by atoms with van der Waals surface area (Å²) in [7, 11) is -3.38. The van der Waals surface area contributed by atoms with Crippen molar-refractivity contribution in [1.82, 2.24) is 0 Å². The Morgan fingerprint density at radius 3 is 2.48 bits per heavy atom. The molecule has 0 unspecified atom stereocenters. The summed E-state index contributed by atoms with van der Waals surface area (Å²) in [6, 6.07) is 11.6. The Morgan fingerprint density at radius 1 is 1.13 bits per heavy atom. The van der Waals surface area contributed by atoms with Crippen LogP contribution in [0.4, 0.5) is 18.9 Å². The summed E-state index contributed by atoms with van der Waals surface area (Å²) >= 11 is 1.06. The molecule has 2 heterocycles. The number of halogens is 3. The molecule has 10 heteroatoms. The van der Waals surface area contributed by atoms with Crippen LogP contribution >= 0.6 is 11.8 Å². The van der Waals surface area contributed by atoms with Crippen molar-refractivity contribution in [1.29, 1.82) is 0 Å². The number of anilines is 1. The second-order valence-electron chi connectivity index (χ2n) is 7.64. The van der Waals surface area contributed by atoms with E-state index in [-0.39, 0.29) is 28.8 Å². The summed E-state index contributed by atoms with van der Waals surface area (Å²) < 4.78 is 65.2. The molecular weight excluding hydrogens is 449 g/mol. The molecule has 2 fully saturated rings. The topological polar surface area (TPSA) is 66.8 Å². The number of aryl methyl sites for hydroxylation is 1. The molecule has 2 aliphatic heterocycles. The molecule has 2 atom stereocenters. The lowest BCUT2D eigenvalue weighted by atomic mass is 10.1. The molecule has 2 aliphatic rings. The molecule has 2 aromatic rings. The molecule has 0 aromatic heterocycles. The number of hydrogen-bond donors (Lipinski definition) is 0. The number of thioether (sulfide) groups is 1. The molecule has 0 radical (unpaired) electrons. The van der Waals surface area contributed by atoms with Crippen LogP contribution in [0, 0.1) is 6.92 Å². The van der Waals surface area contributed by atoms with Gasteiger partial charge in [0.25, 0.3) is 5.91 Å². The molecule has 0 saturated carbocycles. The van der Waals surface area contributed by atoms with E-state index < -0.39 is 38.8 Å². The molecule has 2 aromatic carbocycles. The van der Waals surface area contributed by atoms with Gasteiger partial charge in [0.1, 0.15) is 0 Å². The zero-order chi connectivity index (χ0) is 22.4. The number of nitrogens with zero attached hydrogens (tertiary/aromatic N) is 2. The fraction of sp³-hybridized carbons (Fsp3) is 0.333. The maximum atomic E-state index is 13.6. The number of carbonyl (C=O) groups is 1. The Kier molecular flexibility index (Phi) is 5.63. The van der Waals surface area contributed by atoms with Crippen LogP contribution in [-0.4, -0.2) is 42.3 Å². The summed E-state index contributed by atoms with van der Waals surface area (Å²) in [5, 5.41) is -0.365. The van der Waals surface area contributed by atoms with Crippen molar-refractivity contribution in [2.75, 3.05) is 16.4 Å². The molecular formula is C21H19F3N2O3S2. The first-order chi connectivity index (χ1) is 14.5. The molecule has 5 nitrogen and oxygen atoms in total. The number of amides is 1. The maximum absolute atomic E-state index is 13.6. The van der Waals surface area contributed by atoms with Crippen LogP contribution in [0.3, 0.4) is 0 Å². The van der Waals surface area contributed by atoms with Crippen LogP contribution in [0.25, 0.3) is 0 Å². The highest BCUT2D eigenvalue weighted by Crippen LogP contribution is 2.45. The molecule has 0 spiro atoms. The van der Waals surface area contributed by atoms with Gasteiger partial charge in [-0.15, -0.1) is 0 Å². The van der Waals surface area contributed by atoms with Crippen molar-refractivity contribution in [3.05, 3.63) is 65.2 Å². The molecule has 4 rings (SSSR count). The van der Waals surface area contributed by atoms with Crippen molar-refractivity contribution in [2.45, 2.75) is 30.8 Å². The highest BCUT2D eigenvalue weighted by atomic mass is 32.2. The number of carbonyl (C=O) groups excluding carboxylic acids is 1. The Morgan fingerprint density at radius 2 is 1.81 bits per heavy atom. The number of rotatable bonds is 3. The van der Waals surface area contributed by atoms with Crippen molar-refractivity contribution < 1.29 is 26.4 Å². The second kappa shape index (κ2) is 7.98. The van der Waals surface area contributed by atoms with Gasteiger partial charge in [0, 0.05) is 5.25 Å². The van der Waals surface area contributed by atoms with E-state index in [1.165, 1.54) is 23.1 Å². The number of fused-ring (bicyclic) bond motifs is 1. The van der Waals surface area contributed by atoms with E-state index in [1.807, 2.05) is 19.1 Å². The van der Waals surface area contributed by atoms with Crippen LogP contribution < -0.4 is 4.90 Å². The first-order valence-electron chi connectivity index (χ1n) is 9.53. The quantitative estimate of drug-likeness (QED) is 0.685. The van der Waals surface area contributed by atoms with Gasteiger partial charge in [0.05, 0.1) is 35.2 Å². The fourth-order valence-electron chi connectivity index (χ4n) is 3.80. The van der Waals surface area contributed by atoms with Crippen molar-refractivity contribution in [3.8, 4) is 0 Å². The molecule has 0 N–H and O–H groups in total. The third-order valence-corrected chi connectivity index (χ3v) is 8.44. The number of para-hydroxylation sites is 1. The minimum Gasteiger partial charge on any atom is -0.315 e. The van der Waals surface area contributed by atoms with Crippen molar-refractivity contribution >= 4 is 38.4 Å². The number of hydrogen-bond acceptors (Lipinski definition) is 4. The summed E-state index contributed by atoms with van der Waals surface area (Å²) in [5.74, 6) is -0.927. The van der Waals surface area contributed by atoms with Gasteiger partial charge < -0.3 is 4.90 Å². The lowest BCUT2D eigenvalue weighted by Gasteiger charge is -2.27. The Balaban J connectivity index is 1.71. The second-order valence-corrected chi connectivity index (χ2v) is 11.0. The minimum atomic E-state index is -4.63. The lowest BCUT2D eigenvalue weighted by molar-refractivity contribution is -0.137. The highest BCUT2D eigenvalue weighted by Gasteiger charge is 2.51. The number of benzene rings is 2. The van der Waals surface area contributed by atoms with Gasteiger partial charge >= 0.3 is 6.18 Å². The molecule has 0 bridgehead atoms. The molecule has 164 valence electrons. The van der Waals surface area contributed by atoms with E-state index in [1.54, 1.807) is 12.1 Å². The summed E-state index contributed by atoms with van der Waals surface area (Å²) in [6.07, 6.45) is -4.62. The number of amidine groups is 1. The average Bonchev–Trinajstić information content (AvgIpc) is 3.13. The van der Waals surface area contributed by atoms with Crippen LogP contribution in [0.1, 0.15) is 16.7 Å². The van der Waals surface area contributed by atoms with Gasteiger partial charge in [-0.3, -0.25) is 4.79 Å². The van der Waals surface area contributed by atoms with E-state index in [0.29, 0.717) is 0 Å². The van der Waals surface area contributed by atoms with E-state index in [4.69, 9.17) is 0 Å². The van der Waals surface area contributed by atoms with Gasteiger partial charge in [-0.1, -0.05) is 53.7 Å². The smallest absolute Gasteiger partial charge is 0.315 e. The van der Waals surface area contributed by atoms with E-state index in [9.17, 15) is 26.4 Å². The van der Waals surface area contributed by atoms with Crippen LogP contribution in [0.5, 0.6) is 0 Å². The van der Waals surface area contributed by atoms with Crippen LogP contribution in [-0.2, 0) is 27.2 Å². The van der Waals surface area contributed by atoms with Crippen LogP contribution in [0.15, 0.2) is 53.5 Å². The van der Waals surface area contributed by atoms with Crippen molar-refractivity contribution in [3.63, 3.8) is 0 Å². The monoisotopic (exact) mass is 468 g/mol. The SMILES string of the molecule is Cc1ccc(CC(=O)N=C2S[C@H]3CS(=O)(=O)C[C@@H]3N2c2ccccc2C(F)(F)F)cc1. The number of alkyl halides is 3. The largest absolute Gasteiger partial charge is 0.418 e. The van der Waals surface area contributed by atoms with Gasteiger partial charge in [0.2, 0.25) is 0 Å². The van der Waals surface area contributed by atoms with Crippen molar-refractivity contribution in [2.24, 2.45) is 4.99 Å². The summed E-state index contributed by atoms with van der Waals surface area (Å²) in [6.45, 7) is 1.92. The van der Waals surface area contributed by atoms with Crippen LogP contribution in [0.2, 0.25) is 0 Å². The highest BCUT2D eigenvalue weighted by molar-refractivity contribution is 8.16. The summed E-state index contributed by atoms with van der Waals surface area (Å²) in [4.78, 5) is 18.0. The first-order valence-corrected chi connectivity index (χ1v) is 12.2. The van der Waals surface area contributed by atoms with Gasteiger partial charge in [-0.2, -0.15) is 18.2 Å². The molecule has 1 amide bonds. The minimum absolute atomic E-state index is 0.00668. The third-order valence-electron chi connectivity index (χ3n) is 5.23.